The van der Waals surface area contributed by atoms with Gasteiger partial charge in [0.15, 0.2) is 12.4 Å². The molecular formula is C17H21N5O4. The van der Waals surface area contributed by atoms with Gasteiger partial charge in [-0.25, -0.2) is 4.79 Å². The smallest absolute Gasteiger partial charge is 0.336 e. The summed E-state index contributed by atoms with van der Waals surface area (Å²) in [6.45, 7) is 3.99. The molecule has 0 spiro atoms. The molecule has 0 aliphatic rings. The first-order valence-electron chi connectivity index (χ1n) is 7.91. The molecule has 0 bridgehead atoms. The number of aryl methyl sites for hydroxylation is 3. The minimum atomic E-state index is -0.567. The summed E-state index contributed by atoms with van der Waals surface area (Å²) >= 11 is 0. The maximum Gasteiger partial charge on any atom is 0.336 e. The number of aromatic nitrogens is 2. The number of hydrogen-bond donors (Lipinski definition) is 2. The van der Waals surface area contributed by atoms with Crippen molar-refractivity contribution >= 4 is 17.7 Å². The molecule has 1 aromatic heterocycles. The molecule has 0 saturated heterocycles. The largest absolute Gasteiger partial charge is 0.484 e. The van der Waals surface area contributed by atoms with E-state index >= 15 is 0 Å². The highest BCUT2D eigenvalue weighted by Crippen LogP contribution is 2.12. The Morgan fingerprint density at radius 2 is 1.88 bits per heavy atom. The number of nitrogens with two attached hydrogens (primary N) is 2. The molecule has 138 valence electrons. The lowest BCUT2D eigenvalue weighted by Crippen LogP contribution is -2.20. The zero-order chi connectivity index (χ0) is 19.1. The zero-order valence-electron chi connectivity index (χ0n) is 14.6. The summed E-state index contributed by atoms with van der Waals surface area (Å²) in [7, 11) is 0. The second kappa shape index (κ2) is 8.65. The summed E-state index contributed by atoms with van der Waals surface area (Å²) in [6.07, 6.45) is 0.124. The van der Waals surface area contributed by atoms with E-state index < -0.39 is 11.9 Å². The van der Waals surface area contributed by atoms with Crippen LogP contribution >= 0.6 is 0 Å². The lowest BCUT2D eigenvalue weighted by molar-refractivity contribution is -0.144. The van der Waals surface area contributed by atoms with Crippen LogP contribution in [0.1, 0.15) is 23.4 Å². The first-order chi connectivity index (χ1) is 12.3. The number of benzene rings is 1. The Balaban J connectivity index is 1.85. The fourth-order valence-corrected chi connectivity index (χ4v) is 2.17. The third-order valence-electron chi connectivity index (χ3n) is 3.41. The fourth-order valence-electron chi connectivity index (χ4n) is 2.17. The number of carbonyl (C=O) groups excluding carboxylic acids is 2. The molecular weight excluding hydrogens is 338 g/mol. The Labute approximate surface area is 150 Å². The van der Waals surface area contributed by atoms with Crippen LogP contribution in [0.3, 0.4) is 0 Å². The van der Waals surface area contributed by atoms with E-state index in [1.165, 1.54) is 0 Å². The SMILES string of the molecule is Cc1cc(C)n(CCC(=O)O/N=C(\N)c2ccc(OCC(N)=O)cc2)n1. The van der Waals surface area contributed by atoms with Crippen molar-refractivity contribution < 1.29 is 19.2 Å². The molecule has 26 heavy (non-hydrogen) atoms. The minimum Gasteiger partial charge on any atom is -0.484 e. The molecule has 0 atom stereocenters. The van der Waals surface area contributed by atoms with Crippen LogP contribution in [0.4, 0.5) is 0 Å². The Morgan fingerprint density at radius 1 is 1.19 bits per heavy atom. The van der Waals surface area contributed by atoms with Crippen LogP contribution < -0.4 is 16.2 Å². The predicted molar refractivity (Wildman–Crippen MR) is 94.3 cm³/mol. The number of amidine groups is 1. The van der Waals surface area contributed by atoms with Crippen LogP contribution in [-0.2, 0) is 21.0 Å². The predicted octanol–water partition coefficient (Wildman–Crippen LogP) is 0.618. The summed E-state index contributed by atoms with van der Waals surface area (Å²) in [5, 5.41) is 7.91. The van der Waals surface area contributed by atoms with Crippen LogP contribution in [0.2, 0.25) is 0 Å². The third kappa shape index (κ3) is 5.62. The van der Waals surface area contributed by atoms with E-state index in [1.54, 1.807) is 28.9 Å². The van der Waals surface area contributed by atoms with Gasteiger partial charge in [0.1, 0.15) is 5.75 Å². The van der Waals surface area contributed by atoms with Crippen molar-refractivity contribution in [1.29, 1.82) is 0 Å². The zero-order valence-corrected chi connectivity index (χ0v) is 14.6. The van der Waals surface area contributed by atoms with E-state index in [4.69, 9.17) is 21.0 Å². The summed E-state index contributed by atoms with van der Waals surface area (Å²) in [5.41, 5.74) is 13.2. The number of rotatable bonds is 8. The number of carbonyl (C=O) groups is 2. The molecule has 1 heterocycles. The maximum absolute atomic E-state index is 11.8. The van der Waals surface area contributed by atoms with Gasteiger partial charge in [-0.2, -0.15) is 5.10 Å². The highest BCUT2D eigenvalue weighted by atomic mass is 16.7. The highest BCUT2D eigenvalue weighted by molar-refractivity contribution is 5.97. The standard InChI is InChI=1S/C17H21N5O4/c1-11-9-12(2)22(20-11)8-7-16(24)26-21-17(19)13-3-5-14(6-4-13)25-10-15(18)23/h3-6,9H,7-8,10H2,1-2H3,(H2,18,23)(H2,19,21). The number of primary amides is 1. The molecule has 9 nitrogen and oxygen atoms in total. The number of amides is 1. The van der Waals surface area contributed by atoms with E-state index in [1.807, 2.05) is 19.9 Å². The van der Waals surface area contributed by atoms with Gasteiger partial charge in [0.05, 0.1) is 18.7 Å². The second-order valence-corrected chi connectivity index (χ2v) is 5.62. The fraction of sp³-hybridized carbons (Fsp3) is 0.294. The molecule has 2 aromatic rings. The monoisotopic (exact) mass is 359 g/mol. The summed E-state index contributed by atoms with van der Waals surface area (Å²) in [5.74, 6) is -0.572. The van der Waals surface area contributed by atoms with Gasteiger partial charge in [0.25, 0.3) is 5.91 Å². The average Bonchev–Trinajstić information content (AvgIpc) is 2.93. The van der Waals surface area contributed by atoms with Gasteiger partial charge in [-0.1, -0.05) is 5.16 Å². The van der Waals surface area contributed by atoms with Crippen molar-refractivity contribution in [2.45, 2.75) is 26.8 Å². The maximum atomic E-state index is 11.8. The van der Waals surface area contributed by atoms with E-state index in [-0.39, 0.29) is 18.9 Å². The van der Waals surface area contributed by atoms with Gasteiger partial charge in [-0.3, -0.25) is 9.48 Å². The molecule has 4 N–H and O–H groups in total. The Morgan fingerprint density at radius 3 is 2.46 bits per heavy atom. The van der Waals surface area contributed by atoms with Crippen LogP contribution in [-0.4, -0.2) is 34.1 Å². The van der Waals surface area contributed by atoms with Crippen molar-refractivity contribution in [3.05, 3.63) is 47.3 Å². The molecule has 0 fully saturated rings. The lowest BCUT2D eigenvalue weighted by atomic mass is 10.2. The molecule has 1 amide bonds. The quantitative estimate of drug-likeness (QED) is 0.307. The molecule has 0 aliphatic heterocycles. The minimum absolute atomic E-state index is 0.0471. The number of nitrogens with zero attached hydrogens (tertiary/aromatic N) is 3. The summed E-state index contributed by atoms with van der Waals surface area (Å²) in [4.78, 5) is 27.3. The molecule has 0 saturated carbocycles. The van der Waals surface area contributed by atoms with Crippen LogP contribution in [0.15, 0.2) is 35.5 Å². The Bertz CT molecular complexity index is 811. The van der Waals surface area contributed by atoms with Gasteiger partial charge >= 0.3 is 5.97 Å². The highest BCUT2D eigenvalue weighted by Gasteiger charge is 2.08. The third-order valence-corrected chi connectivity index (χ3v) is 3.41. The topological polar surface area (TPSA) is 135 Å². The van der Waals surface area contributed by atoms with E-state index in [0.29, 0.717) is 17.9 Å². The number of ether oxygens (including phenoxy) is 1. The Kier molecular flexibility index (Phi) is 6.31. The van der Waals surface area contributed by atoms with Crippen molar-refractivity contribution in [2.75, 3.05) is 6.61 Å². The van der Waals surface area contributed by atoms with Gasteiger partial charge in [0.2, 0.25) is 0 Å². The van der Waals surface area contributed by atoms with Crippen molar-refractivity contribution in [1.82, 2.24) is 9.78 Å². The molecule has 2 rings (SSSR count). The normalized spacial score (nSPS) is 11.2. The lowest BCUT2D eigenvalue weighted by Gasteiger charge is -2.05. The van der Waals surface area contributed by atoms with E-state index in [0.717, 1.165) is 11.4 Å². The molecule has 0 aliphatic carbocycles. The van der Waals surface area contributed by atoms with Crippen LogP contribution in [0.5, 0.6) is 5.75 Å². The molecule has 1 aromatic carbocycles. The molecule has 9 heteroatoms. The average molecular weight is 359 g/mol. The van der Waals surface area contributed by atoms with Gasteiger partial charge in [-0.15, -0.1) is 0 Å². The van der Waals surface area contributed by atoms with Crippen molar-refractivity contribution in [3.8, 4) is 5.75 Å². The van der Waals surface area contributed by atoms with Gasteiger partial charge < -0.3 is 21.0 Å². The van der Waals surface area contributed by atoms with E-state index in [9.17, 15) is 9.59 Å². The Hall–Kier alpha value is -3.36. The van der Waals surface area contributed by atoms with Crippen molar-refractivity contribution in [2.24, 2.45) is 16.6 Å². The van der Waals surface area contributed by atoms with Crippen LogP contribution in [0.25, 0.3) is 0 Å². The van der Waals surface area contributed by atoms with Gasteiger partial charge in [0, 0.05) is 11.3 Å². The molecule has 0 radical (unpaired) electrons. The molecule has 0 unspecified atom stereocenters. The van der Waals surface area contributed by atoms with Gasteiger partial charge in [-0.05, 0) is 44.2 Å². The summed E-state index contributed by atoms with van der Waals surface area (Å²) in [6, 6.07) is 8.38. The van der Waals surface area contributed by atoms with Crippen molar-refractivity contribution in [3.63, 3.8) is 0 Å². The second-order valence-electron chi connectivity index (χ2n) is 5.62. The first kappa shape index (κ1) is 19.0. The van der Waals surface area contributed by atoms with E-state index in [2.05, 4.69) is 10.3 Å². The summed E-state index contributed by atoms with van der Waals surface area (Å²) < 4.78 is 6.87. The number of oxime groups is 1. The first-order valence-corrected chi connectivity index (χ1v) is 7.91. The van der Waals surface area contributed by atoms with Crippen LogP contribution in [0, 0.1) is 13.8 Å². The number of hydrogen-bond acceptors (Lipinski definition) is 6.